The number of hydrogen-bond acceptors (Lipinski definition) is 9. The Morgan fingerprint density at radius 1 is 0.846 bits per heavy atom. The second kappa shape index (κ2) is 15.5. The SMILES string of the molecule is COc1nc(-c2cccc(-c3cccc(COc4nc(OC)c(CNCC5CCC(=O)N5)cc4Cl)c3Cl)c2Cl)ccc1CN1CC2(CCC(=O)N2)C1. The van der Waals surface area contributed by atoms with Crippen molar-refractivity contribution in [1.82, 2.24) is 30.8 Å². The minimum Gasteiger partial charge on any atom is -0.481 e. The highest BCUT2D eigenvalue weighted by molar-refractivity contribution is 6.38. The normalized spacial score (nSPS) is 17.9. The topological polar surface area (TPSA) is 127 Å². The number of pyridine rings is 2. The number of nitrogens with zero attached hydrogens (tertiary/aromatic N) is 3. The van der Waals surface area contributed by atoms with E-state index in [1.165, 1.54) is 0 Å². The summed E-state index contributed by atoms with van der Waals surface area (Å²) in [6, 6.07) is 17.3. The molecule has 0 aliphatic carbocycles. The van der Waals surface area contributed by atoms with Crippen LogP contribution in [0.5, 0.6) is 17.6 Å². The third-order valence-corrected chi connectivity index (χ3v) is 10.9. The van der Waals surface area contributed by atoms with Crippen molar-refractivity contribution in [2.75, 3.05) is 33.9 Å². The first-order valence-corrected chi connectivity index (χ1v) is 18.3. The molecule has 52 heavy (non-hydrogen) atoms. The van der Waals surface area contributed by atoms with E-state index in [9.17, 15) is 9.59 Å². The van der Waals surface area contributed by atoms with Crippen LogP contribution in [0.2, 0.25) is 15.1 Å². The molecular formula is C38H39Cl3N6O5. The highest BCUT2D eigenvalue weighted by atomic mass is 35.5. The summed E-state index contributed by atoms with van der Waals surface area (Å²) in [6.07, 6.45) is 2.83. The highest BCUT2D eigenvalue weighted by Gasteiger charge is 2.47. The van der Waals surface area contributed by atoms with Crippen LogP contribution in [-0.2, 0) is 29.3 Å². The molecule has 3 aliphatic rings. The maximum atomic E-state index is 11.7. The number of carbonyl (C=O) groups is 2. The Hall–Kier alpha value is -4.13. The molecule has 1 atom stereocenters. The van der Waals surface area contributed by atoms with Crippen LogP contribution in [0.4, 0.5) is 0 Å². The fraction of sp³-hybridized carbons (Fsp3) is 0.368. The van der Waals surface area contributed by atoms with E-state index in [4.69, 9.17) is 54.0 Å². The van der Waals surface area contributed by atoms with Gasteiger partial charge in [-0.25, -0.2) is 4.98 Å². The largest absolute Gasteiger partial charge is 0.481 e. The zero-order valence-electron chi connectivity index (χ0n) is 28.9. The summed E-state index contributed by atoms with van der Waals surface area (Å²) in [6.45, 7) is 3.49. The van der Waals surface area contributed by atoms with Crippen molar-refractivity contribution in [1.29, 1.82) is 0 Å². The monoisotopic (exact) mass is 764 g/mol. The summed E-state index contributed by atoms with van der Waals surface area (Å²) in [7, 11) is 3.15. The van der Waals surface area contributed by atoms with Gasteiger partial charge in [0.25, 0.3) is 0 Å². The van der Waals surface area contributed by atoms with Gasteiger partial charge in [-0.2, -0.15) is 4.98 Å². The van der Waals surface area contributed by atoms with Gasteiger partial charge in [-0.15, -0.1) is 0 Å². The van der Waals surface area contributed by atoms with Crippen molar-refractivity contribution in [3.05, 3.63) is 86.4 Å². The van der Waals surface area contributed by atoms with Gasteiger partial charge in [-0.1, -0.05) is 77.3 Å². The second-order valence-corrected chi connectivity index (χ2v) is 14.6. The first-order valence-electron chi connectivity index (χ1n) is 17.2. The zero-order chi connectivity index (χ0) is 36.4. The smallest absolute Gasteiger partial charge is 0.236 e. The molecule has 14 heteroatoms. The molecule has 2 amide bonds. The summed E-state index contributed by atoms with van der Waals surface area (Å²) in [5.41, 5.74) is 5.25. The van der Waals surface area contributed by atoms with Crippen molar-refractivity contribution in [3.63, 3.8) is 0 Å². The van der Waals surface area contributed by atoms with E-state index in [-0.39, 0.29) is 35.9 Å². The molecule has 0 bridgehead atoms. The van der Waals surface area contributed by atoms with Gasteiger partial charge in [0.1, 0.15) is 11.6 Å². The molecule has 3 N–H and O–H groups in total. The number of halogens is 3. The summed E-state index contributed by atoms with van der Waals surface area (Å²) >= 11 is 20.7. The van der Waals surface area contributed by atoms with E-state index >= 15 is 0 Å². The molecule has 2 aromatic carbocycles. The summed E-state index contributed by atoms with van der Waals surface area (Å²) in [4.78, 5) is 34.9. The van der Waals surface area contributed by atoms with Crippen LogP contribution >= 0.6 is 34.8 Å². The van der Waals surface area contributed by atoms with Gasteiger partial charge in [0, 0.05) is 85.0 Å². The predicted octanol–water partition coefficient (Wildman–Crippen LogP) is 6.20. The number of likely N-dealkylation sites (tertiary alicyclic amines) is 1. The summed E-state index contributed by atoms with van der Waals surface area (Å²) in [5.74, 6) is 1.34. The number of benzene rings is 2. The molecule has 1 unspecified atom stereocenters. The number of ether oxygens (including phenoxy) is 3. The molecule has 5 heterocycles. The lowest BCUT2D eigenvalue weighted by molar-refractivity contribution is -0.121. The van der Waals surface area contributed by atoms with E-state index in [0.29, 0.717) is 65.0 Å². The average Bonchev–Trinajstić information content (AvgIpc) is 3.73. The Labute approximate surface area is 317 Å². The molecule has 3 saturated heterocycles. The molecule has 4 aromatic rings. The third kappa shape index (κ3) is 7.65. The van der Waals surface area contributed by atoms with Gasteiger partial charge in [0.05, 0.1) is 35.5 Å². The van der Waals surface area contributed by atoms with Crippen LogP contribution in [-0.4, -0.2) is 72.1 Å². The number of methoxy groups -OCH3 is 2. The fourth-order valence-corrected chi connectivity index (χ4v) is 8.02. The number of rotatable bonds is 13. The quantitative estimate of drug-likeness (QED) is 0.146. The molecule has 0 radical (unpaired) electrons. The van der Waals surface area contributed by atoms with Crippen molar-refractivity contribution < 1.29 is 23.8 Å². The molecule has 7 rings (SSSR count). The van der Waals surface area contributed by atoms with Crippen molar-refractivity contribution >= 4 is 46.6 Å². The van der Waals surface area contributed by atoms with Gasteiger partial charge in [-0.3, -0.25) is 14.5 Å². The second-order valence-electron chi connectivity index (χ2n) is 13.5. The number of amides is 2. The Morgan fingerprint density at radius 3 is 2.29 bits per heavy atom. The van der Waals surface area contributed by atoms with Crippen LogP contribution in [0, 0.1) is 0 Å². The maximum absolute atomic E-state index is 11.7. The molecule has 272 valence electrons. The third-order valence-electron chi connectivity index (χ3n) is 9.79. The number of nitrogens with one attached hydrogen (secondary N) is 3. The lowest BCUT2D eigenvalue weighted by Crippen LogP contribution is -2.66. The van der Waals surface area contributed by atoms with Crippen LogP contribution < -0.4 is 30.2 Å². The highest BCUT2D eigenvalue weighted by Crippen LogP contribution is 2.41. The first kappa shape index (κ1) is 36.2. The molecule has 1 spiro atoms. The fourth-order valence-electron chi connectivity index (χ4n) is 7.18. The van der Waals surface area contributed by atoms with Crippen LogP contribution in [0.1, 0.15) is 42.4 Å². The molecule has 11 nitrogen and oxygen atoms in total. The maximum Gasteiger partial charge on any atom is 0.236 e. The average molecular weight is 766 g/mol. The van der Waals surface area contributed by atoms with E-state index in [0.717, 1.165) is 59.3 Å². The Balaban J connectivity index is 1.04. The van der Waals surface area contributed by atoms with Crippen molar-refractivity contribution in [2.24, 2.45) is 0 Å². The lowest BCUT2D eigenvalue weighted by Gasteiger charge is -2.48. The molecular weight excluding hydrogens is 727 g/mol. The molecule has 2 aromatic heterocycles. The van der Waals surface area contributed by atoms with Crippen molar-refractivity contribution in [2.45, 2.75) is 57.0 Å². The van der Waals surface area contributed by atoms with Crippen LogP contribution in [0.25, 0.3) is 22.4 Å². The van der Waals surface area contributed by atoms with E-state index in [1.54, 1.807) is 20.3 Å². The van der Waals surface area contributed by atoms with Gasteiger partial charge >= 0.3 is 0 Å². The number of aromatic nitrogens is 2. The van der Waals surface area contributed by atoms with E-state index in [1.807, 2.05) is 48.5 Å². The van der Waals surface area contributed by atoms with Gasteiger partial charge < -0.3 is 30.2 Å². The summed E-state index contributed by atoms with van der Waals surface area (Å²) in [5, 5.41) is 10.7. The first-order chi connectivity index (χ1) is 25.1. The molecule has 0 saturated carbocycles. The van der Waals surface area contributed by atoms with Crippen molar-refractivity contribution in [3.8, 4) is 40.0 Å². The lowest BCUT2D eigenvalue weighted by atomic mass is 9.88. The number of carbonyl (C=O) groups excluding carboxylic acids is 2. The molecule has 3 fully saturated rings. The minimum absolute atomic E-state index is 0.0764. The van der Waals surface area contributed by atoms with E-state index in [2.05, 4.69) is 25.8 Å². The van der Waals surface area contributed by atoms with Crippen LogP contribution in [0.3, 0.4) is 0 Å². The van der Waals surface area contributed by atoms with Gasteiger partial charge in [-0.05, 0) is 25.0 Å². The Kier molecular flexibility index (Phi) is 10.8. The zero-order valence-corrected chi connectivity index (χ0v) is 31.1. The molecule has 3 aliphatic heterocycles. The van der Waals surface area contributed by atoms with Gasteiger partial charge in [0.15, 0.2) is 0 Å². The predicted molar refractivity (Wildman–Crippen MR) is 200 cm³/mol. The van der Waals surface area contributed by atoms with Gasteiger partial charge in [0.2, 0.25) is 29.5 Å². The minimum atomic E-state index is -0.0882. The summed E-state index contributed by atoms with van der Waals surface area (Å²) < 4.78 is 17.3. The van der Waals surface area contributed by atoms with Crippen LogP contribution in [0.15, 0.2) is 54.6 Å². The Bertz CT molecular complexity index is 2010. The standard InChI is InChI=1S/C38H39Cl3N6O5/c1-50-35-22(18-47-20-38(21-47)14-13-32(49)46-38)9-11-30(44-35)28-8-4-7-27(34(28)41)26-6-3-5-23(33(26)40)19-52-37-29(39)15-24(36(45-37)51-2)16-42-17-25-10-12-31(48)43-25/h3-9,11,15,25,42H,10,12-14,16-21H2,1-2H3,(H,43,48)(H,46,49). The number of hydrogen-bond donors (Lipinski definition) is 3. The Morgan fingerprint density at radius 2 is 1.58 bits per heavy atom. The van der Waals surface area contributed by atoms with E-state index < -0.39 is 0 Å².